The van der Waals surface area contributed by atoms with Gasteiger partial charge < -0.3 is 10.2 Å². The van der Waals surface area contributed by atoms with Gasteiger partial charge in [0.25, 0.3) is 10.0 Å². The van der Waals surface area contributed by atoms with Crippen molar-refractivity contribution in [1.82, 2.24) is 10.2 Å². The Morgan fingerprint density at radius 1 is 0.929 bits per heavy atom. The van der Waals surface area contributed by atoms with Crippen LogP contribution < -0.4 is 9.62 Å². The molecule has 0 aliphatic rings. The van der Waals surface area contributed by atoms with Crippen molar-refractivity contribution in [2.24, 2.45) is 0 Å². The van der Waals surface area contributed by atoms with E-state index in [1.165, 1.54) is 23.1 Å². The van der Waals surface area contributed by atoms with Crippen molar-refractivity contribution in [3.8, 4) is 0 Å². The van der Waals surface area contributed by atoms with Gasteiger partial charge in [-0.2, -0.15) is 13.2 Å². The van der Waals surface area contributed by atoms with Crippen molar-refractivity contribution in [3.63, 3.8) is 0 Å². The standard InChI is InChI=1S/C31H36F3N3O4S/c1-5-23(3)35-30(39)24(4)36(19-18-25-10-7-6-8-11-25)29(38)21-37(27-13-9-12-26(20-27)31(32,33)34)42(40,41)28-16-14-22(2)15-17-28/h6-17,20,23-24H,5,18-19,21H2,1-4H3,(H,35,39)/t23-,24-/m0/s1. The van der Waals surface area contributed by atoms with Gasteiger partial charge in [-0.3, -0.25) is 13.9 Å². The third-order valence-electron chi connectivity index (χ3n) is 7.00. The molecule has 11 heteroatoms. The van der Waals surface area contributed by atoms with Gasteiger partial charge in [0.1, 0.15) is 12.6 Å². The molecule has 0 heterocycles. The van der Waals surface area contributed by atoms with Gasteiger partial charge in [0.2, 0.25) is 11.8 Å². The lowest BCUT2D eigenvalue weighted by atomic mass is 10.1. The van der Waals surface area contributed by atoms with Crippen LogP contribution in [0.5, 0.6) is 0 Å². The van der Waals surface area contributed by atoms with Crippen molar-refractivity contribution in [2.75, 3.05) is 17.4 Å². The van der Waals surface area contributed by atoms with E-state index in [4.69, 9.17) is 0 Å². The van der Waals surface area contributed by atoms with E-state index in [1.54, 1.807) is 26.0 Å². The number of sulfonamides is 1. The number of hydrogen-bond donors (Lipinski definition) is 1. The van der Waals surface area contributed by atoms with Gasteiger partial charge >= 0.3 is 6.18 Å². The molecule has 226 valence electrons. The van der Waals surface area contributed by atoms with Crippen LogP contribution in [-0.4, -0.2) is 50.3 Å². The molecule has 0 spiro atoms. The van der Waals surface area contributed by atoms with Gasteiger partial charge in [-0.1, -0.05) is 61.0 Å². The highest BCUT2D eigenvalue weighted by Crippen LogP contribution is 2.33. The Morgan fingerprint density at radius 2 is 1.57 bits per heavy atom. The zero-order valence-electron chi connectivity index (χ0n) is 24.1. The quantitative estimate of drug-likeness (QED) is 0.293. The van der Waals surface area contributed by atoms with E-state index in [2.05, 4.69) is 5.32 Å². The minimum Gasteiger partial charge on any atom is -0.352 e. The maximum Gasteiger partial charge on any atom is 0.416 e. The summed E-state index contributed by atoms with van der Waals surface area (Å²) in [6.45, 7) is 6.30. The average Bonchev–Trinajstić information content (AvgIpc) is 2.96. The zero-order valence-corrected chi connectivity index (χ0v) is 24.9. The van der Waals surface area contributed by atoms with Crippen LogP contribution in [0.4, 0.5) is 18.9 Å². The number of carbonyl (C=O) groups is 2. The monoisotopic (exact) mass is 603 g/mol. The molecular weight excluding hydrogens is 567 g/mol. The van der Waals surface area contributed by atoms with Crippen LogP contribution in [0.3, 0.4) is 0 Å². The number of carbonyl (C=O) groups excluding carboxylic acids is 2. The summed E-state index contributed by atoms with van der Waals surface area (Å²) >= 11 is 0. The number of rotatable bonds is 12. The maximum atomic E-state index is 13.9. The summed E-state index contributed by atoms with van der Waals surface area (Å²) in [5.41, 5.74) is 0.299. The van der Waals surface area contributed by atoms with Crippen LogP contribution in [0, 0.1) is 6.92 Å². The lowest BCUT2D eigenvalue weighted by Gasteiger charge is -2.32. The Hall–Kier alpha value is -3.86. The first-order valence-corrected chi connectivity index (χ1v) is 15.1. The predicted octanol–water partition coefficient (Wildman–Crippen LogP) is 5.58. The number of amides is 2. The SMILES string of the molecule is CC[C@H](C)NC(=O)[C@H](C)N(CCc1ccccc1)C(=O)CN(c1cccc(C(F)(F)F)c1)S(=O)(=O)c1ccc(C)cc1. The molecule has 2 amide bonds. The molecule has 0 saturated heterocycles. The summed E-state index contributed by atoms with van der Waals surface area (Å²) in [5.74, 6) is -1.15. The fraction of sp³-hybridized carbons (Fsp3) is 0.355. The largest absolute Gasteiger partial charge is 0.416 e. The Balaban J connectivity index is 2.04. The van der Waals surface area contributed by atoms with E-state index in [-0.39, 0.29) is 23.2 Å². The van der Waals surface area contributed by atoms with Crippen molar-refractivity contribution in [3.05, 3.63) is 95.6 Å². The van der Waals surface area contributed by atoms with E-state index in [0.717, 1.165) is 23.3 Å². The number of halogens is 3. The Labute approximate surface area is 245 Å². The summed E-state index contributed by atoms with van der Waals surface area (Å²) < 4.78 is 69.1. The highest BCUT2D eigenvalue weighted by Gasteiger charge is 2.35. The molecular formula is C31H36F3N3O4S. The van der Waals surface area contributed by atoms with E-state index >= 15 is 0 Å². The maximum absolute atomic E-state index is 13.9. The first-order valence-electron chi connectivity index (χ1n) is 13.6. The molecule has 1 N–H and O–H groups in total. The first kappa shape index (κ1) is 32.7. The number of alkyl halides is 3. The number of benzene rings is 3. The molecule has 7 nitrogen and oxygen atoms in total. The molecule has 3 rings (SSSR count). The third-order valence-corrected chi connectivity index (χ3v) is 8.79. The summed E-state index contributed by atoms with van der Waals surface area (Å²) in [6, 6.07) is 17.8. The highest BCUT2D eigenvalue weighted by atomic mass is 32.2. The second-order valence-electron chi connectivity index (χ2n) is 10.2. The van der Waals surface area contributed by atoms with Crippen LogP contribution in [-0.2, 0) is 32.2 Å². The normalized spacial score (nSPS) is 13.2. The molecule has 0 unspecified atom stereocenters. The lowest BCUT2D eigenvalue weighted by Crippen LogP contribution is -2.53. The molecule has 2 atom stereocenters. The van der Waals surface area contributed by atoms with Crippen LogP contribution in [0.2, 0.25) is 0 Å². The molecule has 0 aliphatic heterocycles. The second kappa shape index (κ2) is 13.9. The number of hydrogen-bond acceptors (Lipinski definition) is 4. The first-order chi connectivity index (χ1) is 19.7. The molecule has 3 aromatic carbocycles. The fourth-order valence-electron chi connectivity index (χ4n) is 4.24. The van der Waals surface area contributed by atoms with E-state index in [0.29, 0.717) is 23.2 Å². The molecule has 0 radical (unpaired) electrons. The van der Waals surface area contributed by atoms with Crippen LogP contribution >= 0.6 is 0 Å². The summed E-state index contributed by atoms with van der Waals surface area (Å²) in [5, 5.41) is 2.84. The van der Waals surface area contributed by atoms with Crippen molar-refractivity contribution < 1.29 is 31.2 Å². The third kappa shape index (κ3) is 8.34. The topological polar surface area (TPSA) is 86.8 Å². The molecule has 0 aromatic heterocycles. The van der Waals surface area contributed by atoms with Gasteiger partial charge in [-0.05, 0) is 69.5 Å². The summed E-state index contributed by atoms with van der Waals surface area (Å²) in [4.78, 5) is 28.0. The molecule has 42 heavy (non-hydrogen) atoms. The molecule has 0 aliphatic carbocycles. The number of anilines is 1. The lowest BCUT2D eigenvalue weighted by molar-refractivity contribution is -0.139. The van der Waals surface area contributed by atoms with Gasteiger partial charge in [-0.15, -0.1) is 0 Å². The molecule has 3 aromatic rings. The number of aryl methyl sites for hydroxylation is 1. The van der Waals surface area contributed by atoms with Gasteiger partial charge in [0.15, 0.2) is 0 Å². The minimum atomic E-state index is -4.73. The minimum absolute atomic E-state index is 0.0823. The van der Waals surface area contributed by atoms with Crippen molar-refractivity contribution in [2.45, 2.75) is 63.7 Å². The highest BCUT2D eigenvalue weighted by molar-refractivity contribution is 7.92. The smallest absolute Gasteiger partial charge is 0.352 e. The van der Waals surface area contributed by atoms with Crippen LogP contribution in [0.15, 0.2) is 83.8 Å². The fourth-order valence-corrected chi connectivity index (χ4v) is 5.65. The Kier molecular flexibility index (Phi) is 10.8. The van der Waals surface area contributed by atoms with E-state index in [1.807, 2.05) is 44.2 Å². The molecule has 0 saturated carbocycles. The second-order valence-corrected chi connectivity index (χ2v) is 12.1. The number of nitrogens with zero attached hydrogens (tertiary/aromatic N) is 2. The van der Waals surface area contributed by atoms with Crippen LogP contribution in [0.1, 0.15) is 43.9 Å². The van der Waals surface area contributed by atoms with Gasteiger partial charge in [-0.25, -0.2) is 8.42 Å². The predicted molar refractivity (Wildman–Crippen MR) is 156 cm³/mol. The van der Waals surface area contributed by atoms with E-state index < -0.39 is 46.2 Å². The average molecular weight is 604 g/mol. The van der Waals surface area contributed by atoms with E-state index in [9.17, 15) is 31.2 Å². The van der Waals surface area contributed by atoms with Gasteiger partial charge in [0, 0.05) is 12.6 Å². The Bertz CT molecular complexity index is 1460. The number of nitrogens with one attached hydrogen (secondary N) is 1. The van der Waals surface area contributed by atoms with Crippen LogP contribution in [0.25, 0.3) is 0 Å². The Morgan fingerprint density at radius 3 is 2.17 bits per heavy atom. The molecule has 0 fully saturated rings. The summed E-state index contributed by atoms with van der Waals surface area (Å²) in [6.07, 6.45) is -3.69. The van der Waals surface area contributed by atoms with Crippen molar-refractivity contribution in [1.29, 1.82) is 0 Å². The molecule has 0 bridgehead atoms. The van der Waals surface area contributed by atoms with Crippen molar-refractivity contribution >= 4 is 27.5 Å². The van der Waals surface area contributed by atoms with Gasteiger partial charge in [0.05, 0.1) is 16.1 Å². The zero-order chi connectivity index (χ0) is 31.1. The summed E-state index contributed by atoms with van der Waals surface area (Å²) in [7, 11) is -4.48.